The highest BCUT2D eigenvalue weighted by Gasteiger charge is 2.49. The number of rotatable bonds is 5. The number of nitrogens with zero attached hydrogens (tertiary/aromatic N) is 5. The van der Waals surface area contributed by atoms with Crippen molar-refractivity contribution in [3.8, 4) is 35.4 Å². The van der Waals surface area contributed by atoms with E-state index in [0.717, 1.165) is 19.4 Å². The van der Waals surface area contributed by atoms with E-state index in [1.165, 1.54) is 30.5 Å². The van der Waals surface area contributed by atoms with Gasteiger partial charge in [0.25, 0.3) is 0 Å². The van der Waals surface area contributed by atoms with Crippen molar-refractivity contribution in [2.45, 2.75) is 43.5 Å². The van der Waals surface area contributed by atoms with Gasteiger partial charge < -0.3 is 19.8 Å². The van der Waals surface area contributed by atoms with Crippen LogP contribution in [0, 0.1) is 24.0 Å². The fourth-order valence-corrected chi connectivity index (χ4v) is 6.84. The van der Waals surface area contributed by atoms with E-state index in [9.17, 15) is 19.0 Å². The lowest BCUT2D eigenvalue weighted by Gasteiger charge is -2.45. The quantitative estimate of drug-likeness (QED) is 0.340. The van der Waals surface area contributed by atoms with Gasteiger partial charge in [0.1, 0.15) is 41.4 Å². The molecule has 0 aliphatic carbocycles. The van der Waals surface area contributed by atoms with Crippen molar-refractivity contribution in [1.29, 1.82) is 0 Å². The maximum absolute atomic E-state index is 16.5. The summed E-state index contributed by atoms with van der Waals surface area (Å²) in [5, 5.41) is 21.7. The van der Waals surface area contributed by atoms with E-state index in [-0.39, 0.29) is 64.6 Å². The maximum atomic E-state index is 16.5. The molecule has 0 saturated carbocycles. The molecular formula is C31H28F3N5O3. The van der Waals surface area contributed by atoms with Crippen LogP contribution < -0.4 is 9.64 Å². The first-order valence-corrected chi connectivity index (χ1v) is 13.9. The molecule has 7 rings (SSSR count). The number of aromatic hydroxyl groups is 1. The molecular weight excluding hydrogens is 547 g/mol. The van der Waals surface area contributed by atoms with Gasteiger partial charge in [-0.25, -0.2) is 13.2 Å². The average Bonchev–Trinajstić information content (AvgIpc) is 3.46. The van der Waals surface area contributed by atoms with Crippen molar-refractivity contribution in [1.82, 2.24) is 19.9 Å². The van der Waals surface area contributed by atoms with Crippen molar-refractivity contribution < 1.29 is 28.1 Å². The van der Waals surface area contributed by atoms with Crippen LogP contribution in [0.25, 0.3) is 32.9 Å². The first-order chi connectivity index (χ1) is 20.1. The summed E-state index contributed by atoms with van der Waals surface area (Å²) in [4.78, 5) is 17.2. The Balaban J connectivity index is 1.37. The van der Waals surface area contributed by atoms with Gasteiger partial charge in [-0.15, -0.1) is 6.42 Å². The minimum atomic E-state index is -0.941. The first kappa shape index (κ1) is 26.7. The van der Waals surface area contributed by atoms with E-state index < -0.39 is 28.9 Å². The molecule has 0 radical (unpaired) electrons. The SMILES string of the molecule is C#Cc1c(F)ccc2cc(O)cc(-c3ncc4c(N5CC(C)(O)C5)nc(OC[C@@]56CCCN5C[C@H](F)C6)nc4c3F)c12. The molecule has 3 fully saturated rings. The number of benzene rings is 2. The molecule has 0 bridgehead atoms. The van der Waals surface area contributed by atoms with Gasteiger partial charge in [0.15, 0.2) is 5.82 Å². The number of aliphatic hydroxyl groups is 1. The molecule has 0 amide bonds. The van der Waals surface area contributed by atoms with Crippen molar-refractivity contribution in [3.63, 3.8) is 0 Å². The Morgan fingerprint density at radius 1 is 1.21 bits per heavy atom. The molecule has 42 heavy (non-hydrogen) atoms. The number of anilines is 1. The monoisotopic (exact) mass is 575 g/mol. The van der Waals surface area contributed by atoms with Gasteiger partial charge in [0, 0.05) is 43.2 Å². The van der Waals surface area contributed by atoms with Crippen molar-refractivity contribution in [2.24, 2.45) is 0 Å². The Morgan fingerprint density at radius 3 is 2.79 bits per heavy atom. The first-order valence-electron chi connectivity index (χ1n) is 13.9. The maximum Gasteiger partial charge on any atom is 0.319 e. The van der Waals surface area contributed by atoms with Crippen LogP contribution >= 0.6 is 0 Å². The molecule has 2 atom stereocenters. The minimum Gasteiger partial charge on any atom is -0.508 e. The highest BCUT2D eigenvalue weighted by Crippen LogP contribution is 2.42. The number of phenolic OH excluding ortho intramolecular Hbond substituents is 1. The normalized spacial score (nSPS) is 23.2. The topological polar surface area (TPSA) is 94.8 Å². The summed E-state index contributed by atoms with van der Waals surface area (Å²) in [6, 6.07) is 5.26. The van der Waals surface area contributed by atoms with Crippen LogP contribution in [0.3, 0.4) is 0 Å². The third-order valence-electron chi connectivity index (χ3n) is 8.69. The van der Waals surface area contributed by atoms with E-state index in [4.69, 9.17) is 11.2 Å². The molecule has 3 aliphatic heterocycles. The molecule has 11 heteroatoms. The van der Waals surface area contributed by atoms with Crippen LogP contribution in [-0.2, 0) is 0 Å². The molecule has 3 saturated heterocycles. The number of alkyl halides is 1. The lowest BCUT2D eigenvalue weighted by Crippen LogP contribution is -2.60. The van der Waals surface area contributed by atoms with Gasteiger partial charge in [-0.1, -0.05) is 12.0 Å². The van der Waals surface area contributed by atoms with Crippen molar-refractivity contribution >= 4 is 27.5 Å². The number of hydrogen-bond donors (Lipinski definition) is 2. The van der Waals surface area contributed by atoms with Gasteiger partial charge >= 0.3 is 6.01 Å². The molecule has 0 unspecified atom stereocenters. The zero-order chi connectivity index (χ0) is 29.4. The number of aromatic nitrogens is 3. The highest BCUT2D eigenvalue weighted by molar-refractivity contribution is 6.03. The second-order valence-corrected chi connectivity index (χ2v) is 11.9. The minimum absolute atomic E-state index is 0.0814. The molecule has 0 spiro atoms. The lowest BCUT2D eigenvalue weighted by atomic mass is 9.95. The molecule has 5 heterocycles. The third kappa shape index (κ3) is 4.20. The van der Waals surface area contributed by atoms with E-state index in [0.29, 0.717) is 24.2 Å². The second kappa shape index (κ2) is 9.44. The summed E-state index contributed by atoms with van der Waals surface area (Å²) in [6.45, 7) is 3.50. The Morgan fingerprint density at radius 2 is 2.02 bits per heavy atom. The lowest BCUT2D eigenvalue weighted by molar-refractivity contribution is 0.0305. The number of pyridine rings is 1. The van der Waals surface area contributed by atoms with Gasteiger partial charge in [0.2, 0.25) is 0 Å². The predicted molar refractivity (Wildman–Crippen MR) is 151 cm³/mol. The summed E-state index contributed by atoms with van der Waals surface area (Å²) >= 11 is 0. The highest BCUT2D eigenvalue weighted by atomic mass is 19.1. The molecule has 3 aliphatic rings. The van der Waals surface area contributed by atoms with Gasteiger partial charge in [0.05, 0.1) is 22.1 Å². The van der Waals surface area contributed by atoms with E-state index >= 15 is 4.39 Å². The average molecular weight is 576 g/mol. The standard InChI is InChI=1S/C31H28F3N5O3/c1-3-20-23(33)6-5-17-9-19(40)10-21(24(17)20)26-25(34)27-22(12-35-26)28(38-14-30(2,41)15-38)37-29(36-27)42-16-31-7-4-8-39(31)13-18(32)11-31/h1,5-6,9-10,12,18,40-41H,4,7-8,11,13-16H2,2H3/t18-,31+/m1/s1. The Hall–Kier alpha value is -4.14. The largest absolute Gasteiger partial charge is 0.508 e. The van der Waals surface area contributed by atoms with Gasteiger partial charge in [-0.05, 0) is 49.9 Å². The van der Waals surface area contributed by atoms with Crippen molar-refractivity contribution in [2.75, 3.05) is 37.7 Å². The number of phenols is 1. The summed E-state index contributed by atoms with van der Waals surface area (Å²) < 4.78 is 51.6. The van der Waals surface area contributed by atoms with Crippen LogP contribution in [-0.4, -0.2) is 80.2 Å². The Kier molecular flexibility index (Phi) is 6.01. The Bertz CT molecular complexity index is 1800. The molecule has 8 nitrogen and oxygen atoms in total. The summed E-state index contributed by atoms with van der Waals surface area (Å²) in [7, 11) is 0. The van der Waals surface area contributed by atoms with Crippen LogP contribution in [0.2, 0.25) is 0 Å². The molecule has 2 aromatic carbocycles. The summed E-state index contributed by atoms with van der Waals surface area (Å²) in [5.41, 5.74) is -1.67. The van der Waals surface area contributed by atoms with Crippen LogP contribution in [0.4, 0.5) is 19.0 Å². The molecule has 2 aromatic heterocycles. The van der Waals surface area contributed by atoms with Crippen LogP contribution in [0.1, 0.15) is 31.7 Å². The van der Waals surface area contributed by atoms with E-state index in [2.05, 4.69) is 25.8 Å². The number of hydrogen-bond acceptors (Lipinski definition) is 8. The zero-order valence-corrected chi connectivity index (χ0v) is 22.9. The number of ether oxygens (including phenoxy) is 1. The van der Waals surface area contributed by atoms with Crippen LogP contribution in [0.5, 0.6) is 11.8 Å². The fourth-order valence-electron chi connectivity index (χ4n) is 6.84. The summed E-state index contributed by atoms with van der Waals surface area (Å²) in [5.74, 6) is 0.999. The number of terminal acetylenes is 1. The number of halogens is 3. The third-order valence-corrected chi connectivity index (χ3v) is 8.69. The van der Waals surface area contributed by atoms with E-state index in [1.807, 2.05) is 0 Å². The number of β-amino-alcohol motifs (C(OH)–C–C–N with tert-alkyl or cyclic N) is 1. The molecule has 216 valence electrons. The second-order valence-electron chi connectivity index (χ2n) is 11.9. The molecule has 4 aromatic rings. The van der Waals surface area contributed by atoms with Crippen LogP contribution in [0.15, 0.2) is 30.5 Å². The van der Waals surface area contributed by atoms with E-state index in [1.54, 1.807) is 11.8 Å². The smallest absolute Gasteiger partial charge is 0.319 e. The Labute approximate surface area is 239 Å². The zero-order valence-electron chi connectivity index (χ0n) is 22.9. The predicted octanol–water partition coefficient (Wildman–Crippen LogP) is 4.34. The summed E-state index contributed by atoms with van der Waals surface area (Å²) in [6.07, 6.45) is 8.16. The fraction of sp³-hybridized carbons (Fsp3) is 0.387. The van der Waals surface area contributed by atoms with Gasteiger partial charge in [-0.3, -0.25) is 9.88 Å². The van der Waals surface area contributed by atoms with Gasteiger partial charge in [-0.2, -0.15) is 9.97 Å². The van der Waals surface area contributed by atoms with Crippen molar-refractivity contribution in [3.05, 3.63) is 47.7 Å². The number of fused-ring (bicyclic) bond motifs is 3. The molecule has 2 N–H and O–H groups in total.